The highest BCUT2D eigenvalue weighted by molar-refractivity contribution is 5.91. The van der Waals surface area contributed by atoms with Crippen LogP contribution in [0.15, 0.2) is 42.5 Å². The smallest absolute Gasteiger partial charge is 0.239 e. The third kappa shape index (κ3) is 4.31. The van der Waals surface area contributed by atoms with Crippen LogP contribution < -0.4 is 10.6 Å². The van der Waals surface area contributed by atoms with Crippen LogP contribution in [-0.2, 0) is 16.0 Å². The molecule has 2 rings (SSSR count). The molecule has 0 aliphatic rings. The van der Waals surface area contributed by atoms with Gasteiger partial charge in [0.1, 0.15) is 0 Å². The van der Waals surface area contributed by atoms with Crippen LogP contribution in [0.4, 0.5) is 0 Å². The topological polar surface area (TPSA) is 58.2 Å². The van der Waals surface area contributed by atoms with E-state index in [1.807, 2.05) is 56.3 Å². The second kappa shape index (κ2) is 6.88. The molecule has 0 aromatic heterocycles. The van der Waals surface area contributed by atoms with Crippen LogP contribution in [0.5, 0.6) is 0 Å². The number of fused-ring (bicyclic) bond motifs is 1. The minimum Gasteiger partial charge on any atom is -0.352 e. The number of hydrogen-bond donors (Lipinski definition) is 2. The zero-order valence-electron chi connectivity index (χ0n) is 12.3. The van der Waals surface area contributed by atoms with Gasteiger partial charge in [-0.3, -0.25) is 9.59 Å². The van der Waals surface area contributed by atoms with Crippen LogP contribution in [0.3, 0.4) is 0 Å². The third-order valence-electron chi connectivity index (χ3n) is 3.13. The molecular weight excluding hydrogens is 264 g/mol. The number of nitrogens with one attached hydrogen (secondary N) is 2. The lowest BCUT2D eigenvalue weighted by atomic mass is 10.0. The van der Waals surface area contributed by atoms with Crippen molar-refractivity contribution in [2.75, 3.05) is 6.54 Å². The predicted octanol–water partition coefficient (Wildman–Crippen LogP) is 2.02. The number of benzene rings is 2. The Morgan fingerprint density at radius 1 is 1.00 bits per heavy atom. The van der Waals surface area contributed by atoms with Crippen molar-refractivity contribution < 1.29 is 9.59 Å². The summed E-state index contributed by atoms with van der Waals surface area (Å²) in [6.45, 7) is 3.79. The van der Waals surface area contributed by atoms with Gasteiger partial charge in [-0.05, 0) is 30.2 Å². The Balaban J connectivity index is 1.97. The van der Waals surface area contributed by atoms with E-state index in [-0.39, 0.29) is 30.8 Å². The van der Waals surface area contributed by atoms with Crippen LogP contribution >= 0.6 is 0 Å². The fourth-order valence-electron chi connectivity index (χ4n) is 2.23. The minimum absolute atomic E-state index is 0.0157. The van der Waals surface area contributed by atoms with E-state index in [2.05, 4.69) is 10.6 Å². The number of carbonyl (C=O) groups excluding carboxylic acids is 2. The maximum atomic E-state index is 12.0. The van der Waals surface area contributed by atoms with E-state index in [4.69, 9.17) is 0 Å². The molecular formula is C17H20N2O2. The van der Waals surface area contributed by atoms with Crippen LogP contribution in [0.1, 0.15) is 19.4 Å². The van der Waals surface area contributed by atoms with Crippen molar-refractivity contribution in [2.45, 2.75) is 26.3 Å². The lowest BCUT2D eigenvalue weighted by Gasteiger charge is -2.10. The zero-order chi connectivity index (χ0) is 15.2. The van der Waals surface area contributed by atoms with Crippen LogP contribution in [0.25, 0.3) is 10.8 Å². The molecule has 110 valence electrons. The molecule has 2 amide bonds. The Bertz CT molecular complexity index is 645. The average molecular weight is 284 g/mol. The number of amides is 2. The summed E-state index contributed by atoms with van der Waals surface area (Å²) in [4.78, 5) is 23.5. The quantitative estimate of drug-likeness (QED) is 0.882. The van der Waals surface area contributed by atoms with Gasteiger partial charge < -0.3 is 10.6 Å². The number of carbonyl (C=O) groups is 2. The van der Waals surface area contributed by atoms with E-state index in [0.717, 1.165) is 16.3 Å². The van der Waals surface area contributed by atoms with E-state index < -0.39 is 0 Å². The molecule has 0 radical (unpaired) electrons. The van der Waals surface area contributed by atoms with E-state index in [1.54, 1.807) is 0 Å². The average Bonchev–Trinajstić information content (AvgIpc) is 2.45. The molecule has 0 atom stereocenters. The molecule has 0 spiro atoms. The van der Waals surface area contributed by atoms with Gasteiger partial charge in [0.15, 0.2) is 0 Å². The second-order valence-corrected chi connectivity index (χ2v) is 5.31. The van der Waals surface area contributed by atoms with Crippen molar-refractivity contribution in [2.24, 2.45) is 0 Å². The Morgan fingerprint density at radius 3 is 2.48 bits per heavy atom. The first-order valence-corrected chi connectivity index (χ1v) is 7.09. The number of hydrogen-bond acceptors (Lipinski definition) is 2. The summed E-state index contributed by atoms with van der Waals surface area (Å²) < 4.78 is 0. The molecule has 0 heterocycles. The van der Waals surface area contributed by atoms with Gasteiger partial charge in [-0.25, -0.2) is 0 Å². The van der Waals surface area contributed by atoms with Gasteiger partial charge in [0.25, 0.3) is 0 Å². The molecule has 21 heavy (non-hydrogen) atoms. The van der Waals surface area contributed by atoms with Crippen molar-refractivity contribution in [3.63, 3.8) is 0 Å². The standard InChI is InChI=1S/C17H20N2O2/c1-12(2)19-17(21)11-18-16(20)10-14-8-5-7-13-6-3-4-9-15(13)14/h3-9,12H,10-11H2,1-2H3,(H,18,20)(H,19,21). The normalized spacial score (nSPS) is 10.6. The molecule has 0 unspecified atom stereocenters. The molecule has 2 aromatic carbocycles. The van der Waals surface area contributed by atoms with E-state index in [0.29, 0.717) is 0 Å². The summed E-state index contributed by atoms with van der Waals surface area (Å²) in [5.74, 6) is -0.318. The maximum absolute atomic E-state index is 12.0. The van der Waals surface area contributed by atoms with Crippen molar-refractivity contribution in [3.8, 4) is 0 Å². The lowest BCUT2D eigenvalue weighted by Crippen LogP contribution is -2.40. The third-order valence-corrected chi connectivity index (χ3v) is 3.13. The van der Waals surface area contributed by atoms with Crippen LogP contribution in [0.2, 0.25) is 0 Å². The molecule has 0 saturated carbocycles. The highest BCUT2D eigenvalue weighted by Gasteiger charge is 2.09. The first-order valence-electron chi connectivity index (χ1n) is 7.09. The molecule has 4 heteroatoms. The van der Waals surface area contributed by atoms with Gasteiger partial charge in [-0.2, -0.15) is 0 Å². The highest BCUT2D eigenvalue weighted by atomic mass is 16.2. The first kappa shape index (κ1) is 15.0. The summed E-state index contributed by atoms with van der Waals surface area (Å²) in [5.41, 5.74) is 0.967. The van der Waals surface area contributed by atoms with Crippen LogP contribution in [0, 0.1) is 0 Å². The Hall–Kier alpha value is -2.36. The Kier molecular flexibility index (Phi) is 4.93. The monoisotopic (exact) mass is 284 g/mol. The van der Waals surface area contributed by atoms with Gasteiger partial charge in [-0.1, -0.05) is 42.5 Å². The predicted molar refractivity (Wildman–Crippen MR) is 83.9 cm³/mol. The molecule has 0 bridgehead atoms. The van der Waals surface area contributed by atoms with Crippen molar-refractivity contribution in [1.82, 2.24) is 10.6 Å². The minimum atomic E-state index is -0.170. The molecule has 0 aliphatic carbocycles. The summed E-state index contributed by atoms with van der Waals surface area (Å²) in [6, 6.07) is 13.9. The molecule has 0 saturated heterocycles. The van der Waals surface area contributed by atoms with Gasteiger partial charge in [0, 0.05) is 6.04 Å². The van der Waals surface area contributed by atoms with E-state index in [9.17, 15) is 9.59 Å². The van der Waals surface area contributed by atoms with E-state index in [1.165, 1.54) is 0 Å². The van der Waals surface area contributed by atoms with Crippen molar-refractivity contribution in [3.05, 3.63) is 48.0 Å². The fraction of sp³-hybridized carbons (Fsp3) is 0.294. The molecule has 4 nitrogen and oxygen atoms in total. The Labute approximate surface area is 124 Å². The van der Waals surface area contributed by atoms with Gasteiger partial charge in [0.05, 0.1) is 13.0 Å². The molecule has 2 aromatic rings. The summed E-state index contributed by atoms with van der Waals surface area (Å²) >= 11 is 0. The van der Waals surface area contributed by atoms with Crippen molar-refractivity contribution >= 4 is 22.6 Å². The van der Waals surface area contributed by atoms with Crippen LogP contribution in [-0.4, -0.2) is 24.4 Å². The first-order chi connectivity index (χ1) is 10.1. The Morgan fingerprint density at radius 2 is 1.71 bits per heavy atom. The summed E-state index contributed by atoms with van der Waals surface area (Å²) in [5, 5.41) is 7.57. The van der Waals surface area contributed by atoms with Gasteiger partial charge in [-0.15, -0.1) is 0 Å². The molecule has 2 N–H and O–H groups in total. The van der Waals surface area contributed by atoms with Gasteiger partial charge in [0.2, 0.25) is 11.8 Å². The summed E-state index contributed by atoms with van der Waals surface area (Å²) in [7, 11) is 0. The largest absolute Gasteiger partial charge is 0.352 e. The second-order valence-electron chi connectivity index (χ2n) is 5.31. The van der Waals surface area contributed by atoms with Gasteiger partial charge >= 0.3 is 0 Å². The fourth-order valence-corrected chi connectivity index (χ4v) is 2.23. The maximum Gasteiger partial charge on any atom is 0.239 e. The summed E-state index contributed by atoms with van der Waals surface area (Å²) in [6.07, 6.45) is 0.274. The number of rotatable bonds is 5. The van der Waals surface area contributed by atoms with Crippen molar-refractivity contribution in [1.29, 1.82) is 0 Å². The highest BCUT2D eigenvalue weighted by Crippen LogP contribution is 2.18. The molecule has 0 fully saturated rings. The lowest BCUT2D eigenvalue weighted by molar-refractivity contribution is -0.126. The van der Waals surface area contributed by atoms with E-state index >= 15 is 0 Å². The molecule has 0 aliphatic heterocycles. The SMILES string of the molecule is CC(C)NC(=O)CNC(=O)Cc1cccc2ccccc12. The zero-order valence-corrected chi connectivity index (χ0v) is 12.3.